The van der Waals surface area contributed by atoms with E-state index < -0.39 is 0 Å². The molecule has 0 aromatic heterocycles. The first-order valence-corrected chi connectivity index (χ1v) is 7.26. The van der Waals surface area contributed by atoms with Gasteiger partial charge in [0.25, 0.3) is 0 Å². The van der Waals surface area contributed by atoms with Crippen molar-refractivity contribution in [1.29, 1.82) is 0 Å². The van der Waals surface area contributed by atoms with E-state index in [0.29, 0.717) is 18.0 Å². The summed E-state index contributed by atoms with van der Waals surface area (Å²) in [6, 6.07) is 8.89. The van der Waals surface area contributed by atoms with Crippen LogP contribution in [0.4, 0.5) is 0 Å². The van der Waals surface area contributed by atoms with E-state index in [2.05, 4.69) is 72.9 Å². The van der Waals surface area contributed by atoms with E-state index in [1.807, 2.05) is 0 Å². The molecule has 102 valence electrons. The van der Waals surface area contributed by atoms with Crippen molar-refractivity contribution in [3.05, 3.63) is 34.3 Å². The molecule has 18 heavy (non-hydrogen) atoms. The van der Waals surface area contributed by atoms with Gasteiger partial charge in [0.05, 0.1) is 0 Å². The van der Waals surface area contributed by atoms with Crippen LogP contribution in [0.3, 0.4) is 0 Å². The third-order valence-electron chi connectivity index (χ3n) is 3.06. The molecule has 1 aromatic carbocycles. The molecule has 0 spiro atoms. The van der Waals surface area contributed by atoms with Gasteiger partial charge < -0.3 is 5.73 Å². The Bertz CT molecular complexity index is 371. The maximum atomic E-state index is 5.91. The molecular weight excluding hydrogens is 288 g/mol. The van der Waals surface area contributed by atoms with E-state index in [9.17, 15) is 0 Å². The van der Waals surface area contributed by atoms with Crippen molar-refractivity contribution >= 4 is 15.9 Å². The molecule has 0 fully saturated rings. The molecule has 1 atom stereocenters. The minimum Gasteiger partial charge on any atom is -0.329 e. The molecule has 3 heteroatoms. The molecule has 0 aliphatic rings. The second kappa shape index (κ2) is 6.69. The Labute approximate surface area is 120 Å². The van der Waals surface area contributed by atoms with Crippen molar-refractivity contribution in [3.63, 3.8) is 0 Å². The number of halogens is 1. The van der Waals surface area contributed by atoms with Crippen LogP contribution in [0, 0.1) is 5.41 Å². The molecule has 0 heterocycles. The average Bonchev–Trinajstić information content (AvgIpc) is 2.24. The van der Waals surface area contributed by atoms with Crippen molar-refractivity contribution in [1.82, 2.24) is 4.90 Å². The maximum absolute atomic E-state index is 5.91. The minimum atomic E-state index is 0.315. The molecule has 1 unspecified atom stereocenters. The lowest BCUT2D eigenvalue weighted by atomic mass is 9.87. The second-order valence-electron chi connectivity index (χ2n) is 6.20. The van der Waals surface area contributed by atoms with Crippen LogP contribution in [0.25, 0.3) is 0 Å². The van der Waals surface area contributed by atoms with Crippen LogP contribution in [0.2, 0.25) is 0 Å². The fourth-order valence-corrected chi connectivity index (χ4v) is 2.63. The zero-order valence-electron chi connectivity index (χ0n) is 11.9. The summed E-state index contributed by atoms with van der Waals surface area (Å²) in [5.74, 6) is 0. The molecule has 0 aliphatic heterocycles. The van der Waals surface area contributed by atoms with Gasteiger partial charge in [-0.2, -0.15) is 0 Å². The fraction of sp³-hybridized carbons (Fsp3) is 0.600. The summed E-state index contributed by atoms with van der Waals surface area (Å²) in [6.07, 6.45) is 1.12. The van der Waals surface area contributed by atoms with Crippen LogP contribution >= 0.6 is 15.9 Å². The minimum absolute atomic E-state index is 0.315. The Hall–Kier alpha value is -0.380. The van der Waals surface area contributed by atoms with Gasteiger partial charge in [-0.25, -0.2) is 0 Å². The highest BCUT2D eigenvalue weighted by Crippen LogP contribution is 2.23. The number of hydrogen-bond donors (Lipinski definition) is 1. The summed E-state index contributed by atoms with van der Waals surface area (Å²) in [4.78, 5) is 2.35. The van der Waals surface area contributed by atoms with Gasteiger partial charge in [-0.15, -0.1) is 0 Å². The van der Waals surface area contributed by atoms with Gasteiger partial charge in [-0.1, -0.05) is 48.8 Å². The van der Waals surface area contributed by atoms with Gasteiger partial charge in [0, 0.05) is 23.6 Å². The van der Waals surface area contributed by atoms with Crippen LogP contribution in [-0.4, -0.2) is 24.5 Å². The SMILES string of the molecule is CN(Cc1cccc(Br)c1)C(CN)CC(C)(C)C. The summed E-state index contributed by atoms with van der Waals surface area (Å²) in [5.41, 5.74) is 7.55. The standard InChI is InChI=1S/C15H25BrN2/c1-15(2,3)9-14(10-17)18(4)11-12-6-5-7-13(16)8-12/h5-8,14H,9-11,17H2,1-4H3. The topological polar surface area (TPSA) is 29.3 Å². The summed E-state index contributed by atoms with van der Waals surface area (Å²) < 4.78 is 1.13. The number of benzene rings is 1. The Morgan fingerprint density at radius 1 is 1.33 bits per heavy atom. The van der Waals surface area contributed by atoms with Crippen LogP contribution in [0.5, 0.6) is 0 Å². The first-order valence-electron chi connectivity index (χ1n) is 6.46. The van der Waals surface area contributed by atoms with E-state index in [1.165, 1.54) is 5.56 Å². The molecular formula is C15H25BrN2. The molecule has 1 aromatic rings. The average molecular weight is 313 g/mol. The first kappa shape index (κ1) is 15.7. The lowest BCUT2D eigenvalue weighted by molar-refractivity contribution is 0.177. The lowest BCUT2D eigenvalue weighted by Crippen LogP contribution is -2.40. The highest BCUT2D eigenvalue weighted by atomic mass is 79.9. The third kappa shape index (κ3) is 5.51. The molecule has 0 saturated carbocycles. The van der Waals surface area contributed by atoms with Gasteiger partial charge in [-0.3, -0.25) is 4.90 Å². The Morgan fingerprint density at radius 2 is 2.00 bits per heavy atom. The van der Waals surface area contributed by atoms with E-state index in [0.717, 1.165) is 17.4 Å². The molecule has 1 rings (SSSR count). The Kier molecular flexibility index (Phi) is 5.83. The summed E-state index contributed by atoms with van der Waals surface area (Å²) in [5, 5.41) is 0. The predicted molar refractivity (Wildman–Crippen MR) is 82.5 cm³/mol. The van der Waals surface area contributed by atoms with Gasteiger partial charge in [0.2, 0.25) is 0 Å². The zero-order chi connectivity index (χ0) is 13.8. The van der Waals surface area contributed by atoms with Crippen molar-refractivity contribution in [2.75, 3.05) is 13.6 Å². The highest BCUT2D eigenvalue weighted by Gasteiger charge is 2.21. The van der Waals surface area contributed by atoms with E-state index in [1.54, 1.807) is 0 Å². The number of nitrogens with two attached hydrogens (primary N) is 1. The molecule has 0 amide bonds. The first-order chi connectivity index (χ1) is 8.31. The van der Waals surface area contributed by atoms with Crippen molar-refractivity contribution in [2.45, 2.75) is 39.8 Å². The van der Waals surface area contributed by atoms with Gasteiger partial charge >= 0.3 is 0 Å². The Morgan fingerprint density at radius 3 is 2.50 bits per heavy atom. The van der Waals surface area contributed by atoms with Gasteiger partial charge in [0.15, 0.2) is 0 Å². The monoisotopic (exact) mass is 312 g/mol. The van der Waals surface area contributed by atoms with Crippen molar-refractivity contribution in [2.24, 2.45) is 11.1 Å². The predicted octanol–water partition coefficient (Wildman–Crippen LogP) is 3.64. The molecule has 0 bridgehead atoms. The van der Waals surface area contributed by atoms with Gasteiger partial charge in [-0.05, 0) is 36.6 Å². The molecule has 2 nitrogen and oxygen atoms in total. The summed E-state index contributed by atoms with van der Waals surface area (Å²) in [7, 11) is 2.16. The van der Waals surface area contributed by atoms with E-state index in [-0.39, 0.29) is 0 Å². The number of rotatable bonds is 5. The van der Waals surface area contributed by atoms with Crippen LogP contribution in [0.1, 0.15) is 32.8 Å². The highest BCUT2D eigenvalue weighted by molar-refractivity contribution is 9.10. The van der Waals surface area contributed by atoms with Crippen LogP contribution in [-0.2, 0) is 6.54 Å². The fourth-order valence-electron chi connectivity index (χ4n) is 2.18. The molecule has 2 N–H and O–H groups in total. The van der Waals surface area contributed by atoms with Gasteiger partial charge in [0.1, 0.15) is 0 Å². The second-order valence-corrected chi connectivity index (χ2v) is 7.12. The van der Waals surface area contributed by atoms with Crippen LogP contribution in [0.15, 0.2) is 28.7 Å². The molecule has 0 aliphatic carbocycles. The number of likely N-dealkylation sites (N-methyl/N-ethyl adjacent to an activating group) is 1. The van der Waals surface area contributed by atoms with E-state index >= 15 is 0 Å². The zero-order valence-corrected chi connectivity index (χ0v) is 13.5. The maximum Gasteiger partial charge on any atom is 0.0234 e. The molecule has 0 radical (unpaired) electrons. The van der Waals surface area contributed by atoms with Crippen molar-refractivity contribution < 1.29 is 0 Å². The summed E-state index contributed by atoms with van der Waals surface area (Å²) in [6.45, 7) is 8.45. The number of nitrogens with zero attached hydrogens (tertiary/aromatic N) is 1. The molecule has 0 saturated heterocycles. The summed E-state index contributed by atoms with van der Waals surface area (Å²) >= 11 is 3.51. The van der Waals surface area contributed by atoms with E-state index in [4.69, 9.17) is 5.73 Å². The quantitative estimate of drug-likeness (QED) is 0.899. The number of hydrogen-bond acceptors (Lipinski definition) is 2. The Balaban J connectivity index is 2.65. The van der Waals surface area contributed by atoms with Crippen molar-refractivity contribution in [3.8, 4) is 0 Å². The van der Waals surface area contributed by atoms with Crippen LogP contribution < -0.4 is 5.73 Å². The third-order valence-corrected chi connectivity index (χ3v) is 3.56. The largest absolute Gasteiger partial charge is 0.329 e. The smallest absolute Gasteiger partial charge is 0.0234 e. The normalized spacial score (nSPS) is 13.9. The lowest BCUT2D eigenvalue weighted by Gasteiger charge is -2.32.